The normalized spacial score (nSPS) is 28.7. The summed E-state index contributed by atoms with van der Waals surface area (Å²) < 4.78 is 5.48. The quantitative estimate of drug-likeness (QED) is 0.772. The highest BCUT2D eigenvalue weighted by Gasteiger charge is 2.35. The van der Waals surface area contributed by atoms with Crippen LogP contribution >= 0.6 is 11.8 Å². The van der Waals surface area contributed by atoms with Gasteiger partial charge in [0.2, 0.25) is 0 Å². The number of aromatic nitrogens is 1. The number of Topliss-reactive ketones (excluding diaryl/α,β-unsaturated/α-hetero) is 1. The molecule has 2 aliphatic heterocycles. The molecular formula is C17H19NO2S. The van der Waals surface area contributed by atoms with E-state index in [-0.39, 0.29) is 5.92 Å². The van der Waals surface area contributed by atoms with E-state index in [1.165, 1.54) is 19.3 Å². The summed E-state index contributed by atoms with van der Waals surface area (Å²) in [6, 6.07) is 5.67. The Morgan fingerprint density at radius 3 is 2.81 bits per heavy atom. The summed E-state index contributed by atoms with van der Waals surface area (Å²) in [4.78, 5) is 17.1. The first kappa shape index (κ1) is 13.4. The van der Waals surface area contributed by atoms with Crippen LogP contribution in [0.3, 0.4) is 0 Å². The summed E-state index contributed by atoms with van der Waals surface area (Å²) in [5, 5.41) is 1.40. The topological polar surface area (TPSA) is 43.1 Å². The fourth-order valence-electron chi connectivity index (χ4n) is 3.70. The van der Waals surface area contributed by atoms with E-state index in [1.54, 1.807) is 0 Å². The molecule has 2 atom stereocenters. The van der Waals surface area contributed by atoms with E-state index in [4.69, 9.17) is 4.42 Å². The standard InChI is InChI=1S/C17H19NO2S/c1-10-18-15-9-11(5-6-16(15)20-10)17(19)12-7-13-3-2-4-14(8-12)21-13/h5-6,9,12-14H,2-4,7-8H2,1H3. The van der Waals surface area contributed by atoms with Gasteiger partial charge in [-0.1, -0.05) is 6.42 Å². The smallest absolute Gasteiger partial charge is 0.192 e. The fourth-order valence-corrected chi connectivity index (χ4v) is 5.54. The van der Waals surface area contributed by atoms with Crippen molar-refractivity contribution in [3.8, 4) is 0 Å². The van der Waals surface area contributed by atoms with Gasteiger partial charge in [0, 0.05) is 28.9 Å². The molecule has 1 aromatic carbocycles. The van der Waals surface area contributed by atoms with E-state index in [9.17, 15) is 4.79 Å². The number of hydrogen-bond donors (Lipinski definition) is 0. The number of benzene rings is 1. The molecule has 21 heavy (non-hydrogen) atoms. The average Bonchev–Trinajstić information content (AvgIpc) is 2.85. The molecule has 4 heteroatoms. The zero-order valence-corrected chi connectivity index (χ0v) is 13.0. The second-order valence-electron chi connectivity index (χ2n) is 6.26. The summed E-state index contributed by atoms with van der Waals surface area (Å²) in [7, 11) is 0. The lowest BCUT2D eigenvalue weighted by Crippen LogP contribution is -2.32. The molecule has 1 aromatic heterocycles. The molecule has 2 unspecified atom stereocenters. The Bertz CT molecular complexity index is 681. The van der Waals surface area contributed by atoms with Crippen molar-refractivity contribution < 1.29 is 9.21 Å². The molecule has 3 heterocycles. The van der Waals surface area contributed by atoms with Gasteiger partial charge in [-0.15, -0.1) is 0 Å². The number of fused-ring (bicyclic) bond motifs is 3. The molecule has 2 aliphatic rings. The van der Waals surface area contributed by atoms with Crippen molar-refractivity contribution in [3.05, 3.63) is 29.7 Å². The number of thioether (sulfide) groups is 1. The molecule has 4 rings (SSSR count). The molecule has 2 saturated heterocycles. The van der Waals surface area contributed by atoms with Gasteiger partial charge in [0.05, 0.1) is 0 Å². The zero-order chi connectivity index (χ0) is 14.4. The Labute approximate surface area is 128 Å². The minimum Gasteiger partial charge on any atom is -0.441 e. The fraction of sp³-hybridized carbons (Fsp3) is 0.529. The van der Waals surface area contributed by atoms with Crippen molar-refractivity contribution >= 4 is 28.6 Å². The SMILES string of the molecule is Cc1nc2cc(C(=O)C3CC4CCCC(C3)S4)ccc2o1. The molecular weight excluding hydrogens is 282 g/mol. The Balaban J connectivity index is 1.60. The van der Waals surface area contributed by atoms with Gasteiger partial charge in [-0.2, -0.15) is 11.8 Å². The Hall–Kier alpha value is -1.29. The third-order valence-corrected chi connectivity index (χ3v) is 6.31. The Morgan fingerprint density at radius 1 is 1.29 bits per heavy atom. The van der Waals surface area contributed by atoms with Crippen LogP contribution in [0.2, 0.25) is 0 Å². The second-order valence-corrected chi connectivity index (χ2v) is 7.86. The maximum Gasteiger partial charge on any atom is 0.192 e. The van der Waals surface area contributed by atoms with Crippen molar-refractivity contribution in [1.29, 1.82) is 0 Å². The summed E-state index contributed by atoms with van der Waals surface area (Å²) in [5.41, 5.74) is 2.36. The minimum absolute atomic E-state index is 0.201. The van der Waals surface area contributed by atoms with Crippen LogP contribution in [0, 0.1) is 12.8 Å². The van der Waals surface area contributed by atoms with Crippen molar-refractivity contribution in [2.75, 3.05) is 0 Å². The first-order chi connectivity index (χ1) is 10.2. The molecule has 0 amide bonds. The van der Waals surface area contributed by atoms with Crippen LogP contribution in [-0.2, 0) is 0 Å². The summed E-state index contributed by atoms with van der Waals surface area (Å²) in [5.74, 6) is 1.15. The summed E-state index contributed by atoms with van der Waals surface area (Å²) >= 11 is 2.12. The lowest BCUT2D eigenvalue weighted by molar-refractivity contribution is 0.0897. The highest BCUT2D eigenvalue weighted by Crippen LogP contribution is 2.44. The van der Waals surface area contributed by atoms with Crippen molar-refractivity contribution in [3.63, 3.8) is 0 Å². The number of carbonyl (C=O) groups excluding carboxylic acids is 1. The van der Waals surface area contributed by atoms with E-state index in [2.05, 4.69) is 16.7 Å². The Morgan fingerprint density at radius 2 is 2.05 bits per heavy atom. The van der Waals surface area contributed by atoms with Crippen LogP contribution < -0.4 is 0 Å². The first-order valence-corrected chi connectivity index (χ1v) is 8.70. The predicted molar refractivity (Wildman–Crippen MR) is 84.8 cm³/mol. The van der Waals surface area contributed by atoms with Crippen molar-refractivity contribution in [2.45, 2.75) is 49.5 Å². The predicted octanol–water partition coefficient (Wildman–Crippen LogP) is 4.38. The maximum atomic E-state index is 12.8. The summed E-state index contributed by atoms with van der Waals surface area (Å²) in [6.45, 7) is 1.83. The molecule has 0 aliphatic carbocycles. The van der Waals surface area contributed by atoms with Crippen molar-refractivity contribution in [2.24, 2.45) is 5.92 Å². The Kier molecular flexibility index (Phi) is 3.29. The maximum absolute atomic E-state index is 12.8. The average molecular weight is 301 g/mol. The van der Waals surface area contributed by atoms with E-state index in [0.717, 1.165) is 29.5 Å². The van der Waals surface area contributed by atoms with Gasteiger partial charge in [0.25, 0.3) is 0 Å². The third kappa shape index (κ3) is 2.50. The first-order valence-electron chi connectivity index (χ1n) is 7.76. The molecule has 0 spiro atoms. The molecule has 110 valence electrons. The van der Waals surface area contributed by atoms with Crippen LogP contribution in [-0.4, -0.2) is 21.3 Å². The van der Waals surface area contributed by atoms with Crippen LogP contribution in [0.15, 0.2) is 22.6 Å². The number of ketones is 1. The lowest BCUT2D eigenvalue weighted by Gasteiger charge is -2.37. The van der Waals surface area contributed by atoms with E-state index in [1.807, 2.05) is 25.1 Å². The second kappa shape index (κ2) is 5.16. The monoisotopic (exact) mass is 301 g/mol. The molecule has 0 N–H and O–H groups in total. The molecule has 0 saturated carbocycles. The molecule has 2 fully saturated rings. The third-order valence-electron chi connectivity index (χ3n) is 4.68. The van der Waals surface area contributed by atoms with E-state index in [0.29, 0.717) is 22.2 Å². The zero-order valence-electron chi connectivity index (χ0n) is 12.2. The molecule has 2 aromatic rings. The largest absolute Gasteiger partial charge is 0.441 e. The van der Waals surface area contributed by atoms with Gasteiger partial charge in [0.15, 0.2) is 17.3 Å². The molecule has 0 radical (unpaired) electrons. The van der Waals surface area contributed by atoms with Gasteiger partial charge in [0.1, 0.15) is 5.52 Å². The van der Waals surface area contributed by atoms with Gasteiger partial charge < -0.3 is 4.42 Å². The summed E-state index contributed by atoms with van der Waals surface area (Å²) in [6.07, 6.45) is 6.01. The highest BCUT2D eigenvalue weighted by atomic mass is 32.2. The van der Waals surface area contributed by atoms with Gasteiger partial charge >= 0.3 is 0 Å². The highest BCUT2D eigenvalue weighted by molar-refractivity contribution is 8.00. The molecule has 2 bridgehead atoms. The van der Waals surface area contributed by atoms with Crippen LogP contribution in [0.25, 0.3) is 11.1 Å². The lowest BCUT2D eigenvalue weighted by atomic mass is 9.84. The number of aryl methyl sites for hydroxylation is 1. The van der Waals surface area contributed by atoms with Crippen LogP contribution in [0.1, 0.15) is 48.4 Å². The molecule has 3 nitrogen and oxygen atoms in total. The van der Waals surface area contributed by atoms with Crippen LogP contribution in [0.5, 0.6) is 0 Å². The van der Waals surface area contributed by atoms with Gasteiger partial charge in [-0.05, 0) is 43.9 Å². The van der Waals surface area contributed by atoms with E-state index < -0.39 is 0 Å². The van der Waals surface area contributed by atoms with Crippen molar-refractivity contribution in [1.82, 2.24) is 4.98 Å². The number of rotatable bonds is 2. The minimum atomic E-state index is 0.201. The van der Waals surface area contributed by atoms with Gasteiger partial charge in [-0.25, -0.2) is 4.98 Å². The van der Waals surface area contributed by atoms with E-state index >= 15 is 0 Å². The number of oxazole rings is 1. The number of nitrogens with zero attached hydrogens (tertiary/aromatic N) is 1. The number of hydrogen-bond acceptors (Lipinski definition) is 4. The van der Waals surface area contributed by atoms with Gasteiger partial charge in [-0.3, -0.25) is 4.79 Å². The van der Waals surface area contributed by atoms with Crippen LogP contribution in [0.4, 0.5) is 0 Å². The number of carbonyl (C=O) groups is 1.